The number of urea groups is 1. The smallest absolute Gasteiger partial charge is 0.322 e. The Bertz CT molecular complexity index is 422. The van der Waals surface area contributed by atoms with Crippen molar-refractivity contribution in [1.82, 2.24) is 4.90 Å². The summed E-state index contributed by atoms with van der Waals surface area (Å²) in [4.78, 5) is 13.8. The molecule has 0 bridgehead atoms. The molecule has 5 heteroatoms. The van der Waals surface area contributed by atoms with Crippen LogP contribution in [0, 0.1) is 0 Å². The summed E-state index contributed by atoms with van der Waals surface area (Å²) in [6.45, 7) is 3.80. The molecule has 5 nitrogen and oxygen atoms in total. The van der Waals surface area contributed by atoms with E-state index in [0.717, 1.165) is 11.4 Å². The summed E-state index contributed by atoms with van der Waals surface area (Å²) in [5, 5.41) is 2.86. The Hall–Kier alpha value is -1.75. The average molecular weight is 250 g/mol. The van der Waals surface area contributed by atoms with Crippen LogP contribution in [-0.4, -0.2) is 43.8 Å². The van der Waals surface area contributed by atoms with E-state index in [1.807, 2.05) is 25.1 Å². The molecule has 2 rings (SSSR count). The van der Waals surface area contributed by atoms with Crippen LogP contribution in [0.4, 0.5) is 10.5 Å². The highest BCUT2D eigenvalue weighted by molar-refractivity contribution is 5.89. The predicted octanol–water partition coefficient (Wildman–Crippen LogP) is 1.95. The van der Waals surface area contributed by atoms with Crippen molar-refractivity contribution in [2.45, 2.75) is 13.0 Å². The summed E-state index contributed by atoms with van der Waals surface area (Å²) in [5.74, 6) is 0.725. The number of nitrogens with one attached hydrogen (secondary N) is 1. The highest BCUT2D eigenvalue weighted by Gasteiger charge is 2.21. The van der Waals surface area contributed by atoms with Gasteiger partial charge in [-0.2, -0.15) is 0 Å². The minimum absolute atomic E-state index is 0.0924. The summed E-state index contributed by atoms with van der Waals surface area (Å²) in [6, 6.07) is 7.22. The standard InChI is InChI=1S/C13H18N2O3/c1-10-9-15(6-7-18-10)13(16)14-11-4-3-5-12(8-11)17-2/h3-5,8,10H,6-7,9H2,1-2H3,(H,14,16). The zero-order chi connectivity index (χ0) is 13.0. The molecular weight excluding hydrogens is 232 g/mol. The van der Waals surface area contributed by atoms with Crippen molar-refractivity contribution in [2.24, 2.45) is 0 Å². The van der Waals surface area contributed by atoms with Gasteiger partial charge in [0, 0.05) is 24.8 Å². The molecule has 1 aromatic rings. The fraction of sp³-hybridized carbons (Fsp3) is 0.462. The second kappa shape index (κ2) is 5.73. The minimum Gasteiger partial charge on any atom is -0.497 e. The van der Waals surface area contributed by atoms with E-state index < -0.39 is 0 Å². The molecular formula is C13H18N2O3. The molecule has 0 aliphatic carbocycles. The van der Waals surface area contributed by atoms with Crippen LogP contribution < -0.4 is 10.1 Å². The van der Waals surface area contributed by atoms with E-state index in [0.29, 0.717) is 19.7 Å². The predicted molar refractivity (Wildman–Crippen MR) is 69.0 cm³/mol. The molecule has 1 N–H and O–H groups in total. The van der Waals surface area contributed by atoms with E-state index in [4.69, 9.17) is 9.47 Å². The molecule has 2 amide bonds. The third-order valence-electron chi connectivity index (χ3n) is 2.85. The summed E-state index contributed by atoms with van der Waals surface area (Å²) < 4.78 is 10.5. The van der Waals surface area contributed by atoms with Crippen molar-refractivity contribution in [2.75, 3.05) is 32.1 Å². The molecule has 18 heavy (non-hydrogen) atoms. The SMILES string of the molecule is COc1cccc(NC(=O)N2CCOC(C)C2)c1. The van der Waals surface area contributed by atoms with Crippen molar-refractivity contribution in [1.29, 1.82) is 0 Å². The Morgan fingerprint density at radius 2 is 2.39 bits per heavy atom. The number of hydrogen-bond acceptors (Lipinski definition) is 3. The molecule has 1 aliphatic rings. The number of carbonyl (C=O) groups excluding carboxylic acids is 1. The van der Waals surface area contributed by atoms with Gasteiger partial charge in [-0.25, -0.2) is 4.79 Å². The molecule has 0 aromatic heterocycles. The second-order valence-corrected chi connectivity index (χ2v) is 4.29. The number of amides is 2. The first-order chi connectivity index (χ1) is 8.69. The van der Waals surface area contributed by atoms with Crippen LogP contribution in [0.25, 0.3) is 0 Å². The summed E-state index contributed by atoms with van der Waals surface area (Å²) in [7, 11) is 1.60. The van der Waals surface area contributed by atoms with Crippen LogP contribution in [0.1, 0.15) is 6.92 Å². The summed E-state index contributed by atoms with van der Waals surface area (Å²) >= 11 is 0. The Kier molecular flexibility index (Phi) is 4.04. The van der Waals surface area contributed by atoms with E-state index in [-0.39, 0.29) is 12.1 Å². The van der Waals surface area contributed by atoms with Crippen LogP contribution >= 0.6 is 0 Å². The third kappa shape index (κ3) is 3.13. The highest BCUT2D eigenvalue weighted by Crippen LogP contribution is 2.17. The molecule has 0 spiro atoms. The number of anilines is 1. The first-order valence-electron chi connectivity index (χ1n) is 6.00. The van der Waals surface area contributed by atoms with Gasteiger partial charge >= 0.3 is 6.03 Å². The van der Waals surface area contributed by atoms with Gasteiger partial charge in [0.25, 0.3) is 0 Å². The maximum atomic E-state index is 12.0. The molecule has 1 fully saturated rings. The van der Waals surface area contributed by atoms with Crippen LogP contribution in [0.5, 0.6) is 5.75 Å². The lowest BCUT2D eigenvalue weighted by Gasteiger charge is -2.31. The third-order valence-corrected chi connectivity index (χ3v) is 2.85. The van der Waals surface area contributed by atoms with Gasteiger partial charge in [-0.1, -0.05) is 6.07 Å². The lowest BCUT2D eigenvalue weighted by Crippen LogP contribution is -2.46. The number of rotatable bonds is 2. The Balaban J connectivity index is 1.97. The van der Waals surface area contributed by atoms with Crippen LogP contribution in [0.2, 0.25) is 0 Å². The maximum Gasteiger partial charge on any atom is 0.322 e. The van der Waals surface area contributed by atoms with Gasteiger partial charge in [-0.15, -0.1) is 0 Å². The first kappa shape index (κ1) is 12.7. The largest absolute Gasteiger partial charge is 0.497 e. The highest BCUT2D eigenvalue weighted by atomic mass is 16.5. The molecule has 1 unspecified atom stereocenters. The fourth-order valence-corrected chi connectivity index (χ4v) is 1.91. The minimum atomic E-state index is -0.0987. The van der Waals surface area contributed by atoms with E-state index in [2.05, 4.69) is 5.32 Å². The molecule has 0 radical (unpaired) electrons. The van der Waals surface area contributed by atoms with E-state index in [9.17, 15) is 4.79 Å². The Morgan fingerprint density at radius 1 is 1.56 bits per heavy atom. The van der Waals surface area contributed by atoms with Crippen molar-refractivity contribution in [3.05, 3.63) is 24.3 Å². The first-order valence-corrected chi connectivity index (χ1v) is 6.00. The van der Waals surface area contributed by atoms with Gasteiger partial charge < -0.3 is 19.7 Å². The number of benzene rings is 1. The summed E-state index contributed by atoms with van der Waals surface area (Å²) in [6.07, 6.45) is 0.0924. The van der Waals surface area contributed by atoms with Crippen LogP contribution in [0.15, 0.2) is 24.3 Å². The van der Waals surface area contributed by atoms with Crippen LogP contribution in [0.3, 0.4) is 0 Å². The number of carbonyl (C=O) groups is 1. The van der Waals surface area contributed by atoms with Gasteiger partial charge in [0.05, 0.1) is 19.8 Å². The van der Waals surface area contributed by atoms with Gasteiger partial charge in [-0.3, -0.25) is 0 Å². The van der Waals surface area contributed by atoms with E-state index in [1.54, 1.807) is 18.1 Å². The van der Waals surface area contributed by atoms with Crippen molar-refractivity contribution >= 4 is 11.7 Å². The van der Waals surface area contributed by atoms with E-state index in [1.165, 1.54) is 0 Å². The molecule has 98 valence electrons. The monoisotopic (exact) mass is 250 g/mol. The molecule has 1 atom stereocenters. The lowest BCUT2D eigenvalue weighted by molar-refractivity contribution is -0.00138. The van der Waals surface area contributed by atoms with Gasteiger partial charge in [0.15, 0.2) is 0 Å². The topological polar surface area (TPSA) is 50.8 Å². The Morgan fingerprint density at radius 3 is 3.11 bits per heavy atom. The number of ether oxygens (including phenoxy) is 2. The zero-order valence-corrected chi connectivity index (χ0v) is 10.7. The zero-order valence-electron chi connectivity index (χ0n) is 10.7. The normalized spacial score (nSPS) is 19.4. The van der Waals surface area contributed by atoms with Crippen molar-refractivity contribution in [3.63, 3.8) is 0 Å². The maximum absolute atomic E-state index is 12.0. The van der Waals surface area contributed by atoms with Crippen molar-refractivity contribution in [3.8, 4) is 5.75 Å². The molecule has 0 saturated carbocycles. The Labute approximate surface area is 107 Å². The quantitative estimate of drug-likeness (QED) is 0.872. The van der Waals surface area contributed by atoms with Crippen LogP contribution in [-0.2, 0) is 4.74 Å². The number of methoxy groups -OCH3 is 1. The second-order valence-electron chi connectivity index (χ2n) is 4.29. The fourth-order valence-electron chi connectivity index (χ4n) is 1.91. The van der Waals surface area contributed by atoms with Crippen molar-refractivity contribution < 1.29 is 14.3 Å². The van der Waals surface area contributed by atoms with Gasteiger partial charge in [-0.05, 0) is 19.1 Å². The lowest BCUT2D eigenvalue weighted by atomic mass is 10.3. The molecule has 1 saturated heterocycles. The molecule has 1 aromatic carbocycles. The summed E-state index contributed by atoms with van der Waals surface area (Å²) in [5.41, 5.74) is 0.735. The molecule has 1 heterocycles. The average Bonchev–Trinajstić information content (AvgIpc) is 2.39. The number of hydrogen-bond donors (Lipinski definition) is 1. The number of nitrogens with zero attached hydrogens (tertiary/aromatic N) is 1. The van der Waals surface area contributed by atoms with E-state index >= 15 is 0 Å². The number of morpholine rings is 1. The molecule has 1 aliphatic heterocycles. The van der Waals surface area contributed by atoms with Gasteiger partial charge in [0.1, 0.15) is 5.75 Å². The van der Waals surface area contributed by atoms with Gasteiger partial charge in [0.2, 0.25) is 0 Å².